The number of nitrogens with zero attached hydrogens (tertiary/aromatic N) is 1. The number of piperazine rings is 1. The molecule has 112 valence electrons. The Morgan fingerprint density at radius 2 is 2.00 bits per heavy atom. The Bertz CT molecular complexity index is 442. The standard InChI is InChI=1S/C16H25BrN2O/c1-12(2)14-10-13(16(17)15(11-14)20-3)4-7-19-8-5-18-6-9-19/h10-12,18H,4-9H2,1-3H3. The van der Waals surface area contributed by atoms with Crippen molar-refractivity contribution < 1.29 is 4.74 Å². The summed E-state index contributed by atoms with van der Waals surface area (Å²) in [5.41, 5.74) is 2.70. The van der Waals surface area contributed by atoms with Crippen LogP contribution < -0.4 is 10.1 Å². The van der Waals surface area contributed by atoms with E-state index in [4.69, 9.17) is 4.74 Å². The third-order valence-electron chi connectivity index (χ3n) is 3.93. The number of ether oxygens (including phenoxy) is 1. The number of rotatable bonds is 5. The number of hydrogen-bond acceptors (Lipinski definition) is 3. The van der Waals surface area contributed by atoms with E-state index in [0.29, 0.717) is 5.92 Å². The van der Waals surface area contributed by atoms with Crippen molar-refractivity contribution in [2.75, 3.05) is 39.8 Å². The van der Waals surface area contributed by atoms with Gasteiger partial charge in [0.25, 0.3) is 0 Å². The highest BCUT2D eigenvalue weighted by Gasteiger charge is 2.14. The Morgan fingerprint density at radius 1 is 1.30 bits per heavy atom. The molecule has 0 aromatic heterocycles. The SMILES string of the molecule is COc1cc(C(C)C)cc(CCN2CCNCC2)c1Br. The van der Waals surface area contributed by atoms with Gasteiger partial charge in [-0.05, 0) is 45.5 Å². The third-order valence-corrected chi connectivity index (χ3v) is 4.83. The van der Waals surface area contributed by atoms with Crippen molar-refractivity contribution in [3.63, 3.8) is 0 Å². The number of nitrogens with one attached hydrogen (secondary N) is 1. The molecule has 1 fully saturated rings. The Morgan fingerprint density at radius 3 is 2.60 bits per heavy atom. The molecule has 4 heteroatoms. The Labute approximate surface area is 130 Å². The summed E-state index contributed by atoms with van der Waals surface area (Å²) in [6, 6.07) is 4.46. The summed E-state index contributed by atoms with van der Waals surface area (Å²) >= 11 is 3.69. The van der Waals surface area contributed by atoms with Crippen molar-refractivity contribution in [1.82, 2.24) is 10.2 Å². The fourth-order valence-corrected chi connectivity index (χ4v) is 3.15. The first-order chi connectivity index (χ1) is 9.61. The maximum absolute atomic E-state index is 5.50. The van der Waals surface area contributed by atoms with Gasteiger partial charge >= 0.3 is 0 Å². The molecule has 1 N–H and O–H groups in total. The Kier molecular flexibility index (Phi) is 5.87. The summed E-state index contributed by atoms with van der Waals surface area (Å²) in [6.07, 6.45) is 1.07. The maximum atomic E-state index is 5.50. The summed E-state index contributed by atoms with van der Waals surface area (Å²) < 4.78 is 6.61. The fraction of sp³-hybridized carbons (Fsp3) is 0.625. The highest BCUT2D eigenvalue weighted by atomic mass is 79.9. The molecule has 20 heavy (non-hydrogen) atoms. The van der Waals surface area contributed by atoms with E-state index in [1.54, 1.807) is 7.11 Å². The van der Waals surface area contributed by atoms with Gasteiger partial charge in [0.2, 0.25) is 0 Å². The lowest BCUT2D eigenvalue weighted by molar-refractivity contribution is 0.243. The van der Waals surface area contributed by atoms with Crippen LogP contribution in [0.1, 0.15) is 30.9 Å². The van der Waals surface area contributed by atoms with Gasteiger partial charge in [-0.2, -0.15) is 0 Å². The van der Waals surface area contributed by atoms with Gasteiger partial charge in [0, 0.05) is 32.7 Å². The van der Waals surface area contributed by atoms with Crippen molar-refractivity contribution in [2.45, 2.75) is 26.2 Å². The molecule has 0 radical (unpaired) electrons. The molecule has 1 aliphatic rings. The minimum atomic E-state index is 0.523. The van der Waals surface area contributed by atoms with E-state index in [1.165, 1.54) is 11.1 Å². The van der Waals surface area contributed by atoms with Gasteiger partial charge < -0.3 is 15.0 Å². The maximum Gasteiger partial charge on any atom is 0.133 e. The monoisotopic (exact) mass is 340 g/mol. The lowest BCUT2D eigenvalue weighted by Crippen LogP contribution is -2.44. The average molecular weight is 341 g/mol. The van der Waals surface area contributed by atoms with E-state index < -0.39 is 0 Å². The van der Waals surface area contributed by atoms with Crippen LogP contribution in [0.15, 0.2) is 16.6 Å². The second-order valence-electron chi connectivity index (χ2n) is 5.69. The second kappa shape index (κ2) is 7.43. The molecule has 1 saturated heterocycles. The van der Waals surface area contributed by atoms with Gasteiger partial charge in [-0.25, -0.2) is 0 Å². The second-order valence-corrected chi connectivity index (χ2v) is 6.49. The molecule has 0 atom stereocenters. The van der Waals surface area contributed by atoms with Crippen LogP contribution in [0.3, 0.4) is 0 Å². The molecule has 0 aliphatic carbocycles. The van der Waals surface area contributed by atoms with Crippen LogP contribution in [0.25, 0.3) is 0 Å². The molecule has 1 aromatic rings. The molecule has 1 aliphatic heterocycles. The van der Waals surface area contributed by atoms with Crippen molar-refractivity contribution in [3.8, 4) is 5.75 Å². The van der Waals surface area contributed by atoms with E-state index in [2.05, 4.69) is 52.1 Å². The Hall–Kier alpha value is -0.580. The molecule has 0 spiro atoms. The van der Waals surface area contributed by atoms with Gasteiger partial charge in [0.15, 0.2) is 0 Å². The zero-order valence-corrected chi connectivity index (χ0v) is 14.3. The van der Waals surface area contributed by atoms with Gasteiger partial charge in [0.1, 0.15) is 5.75 Å². The molecule has 3 nitrogen and oxygen atoms in total. The summed E-state index contributed by atoms with van der Waals surface area (Å²) in [5, 5.41) is 3.40. The van der Waals surface area contributed by atoms with Crippen molar-refractivity contribution >= 4 is 15.9 Å². The van der Waals surface area contributed by atoms with E-state index in [1.807, 2.05) is 0 Å². The van der Waals surface area contributed by atoms with Crippen LogP contribution in [0.4, 0.5) is 0 Å². The molecule has 0 bridgehead atoms. The van der Waals surface area contributed by atoms with E-state index in [9.17, 15) is 0 Å². The summed E-state index contributed by atoms with van der Waals surface area (Å²) in [4.78, 5) is 2.53. The molecule has 2 rings (SSSR count). The predicted octanol–water partition coefficient (Wildman–Crippen LogP) is 3.03. The number of methoxy groups -OCH3 is 1. The Balaban J connectivity index is 2.10. The molecule has 0 amide bonds. The predicted molar refractivity (Wildman–Crippen MR) is 87.8 cm³/mol. The lowest BCUT2D eigenvalue weighted by atomic mass is 9.99. The molecule has 0 saturated carbocycles. The third kappa shape index (κ3) is 3.96. The highest BCUT2D eigenvalue weighted by molar-refractivity contribution is 9.10. The zero-order chi connectivity index (χ0) is 14.5. The van der Waals surface area contributed by atoms with E-state index in [-0.39, 0.29) is 0 Å². The fourth-order valence-electron chi connectivity index (χ4n) is 2.56. The first-order valence-electron chi connectivity index (χ1n) is 7.41. The quantitative estimate of drug-likeness (QED) is 0.891. The summed E-state index contributed by atoms with van der Waals surface area (Å²) in [6.45, 7) is 10.1. The normalized spacial score (nSPS) is 16.6. The zero-order valence-electron chi connectivity index (χ0n) is 12.7. The van der Waals surface area contributed by atoms with Crippen LogP contribution in [0, 0.1) is 0 Å². The largest absolute Gasteiger partial charge is 0.496 e. The van der Waals surface area contributed by atoms with Crippen LogP contribution in [0.5, 0.6) is 5.75 Å². The smallest absolute Gasteiger partial charge is 0.133 e. The van der Waals surface area contributed by atoms with E-state index >= 15 is 0 Å². The molecular formula is C16H25BrN2O. The highest BCUT2D eigenvalue weighted by Crippen LogP contribution is 2.33. The minimum Gasteiger partial charge on any atom is -0.496 e. The first-order valence-corrected chi connectivity index (χ1v) is 8.20. The van der Waals surface area contributed by atoms with Gasteiger partial charge in [-0.15, -0.1) is 0 Å². The molecular weight excluding hydrogens is 316 g/mol. The molecule has 1 heterocycles. The summed E-state index contributed by atoms with van der Waals surface area (Å²) in [5.74, 6) is 1.47. The topological polar surface area (TPSA) is 24.5 Å². The van der Waals surface area contributed by atoms with Crippen molar-refractivity contribution in [1.29, 1.82) is 0 Å². The van der Waals surface area contributed by atoms with Crippen molar-refractivity contribution in [2.24, 2.45) is 0 Å². The average Bonchev–Trinajstić information content (AvgIpc) is 2.47. The lowest BCUT2D eigenvalue weighted by Gasteiger charge is -2.27. The van der Waals surface area contributed by atoms with Crippen LogP contribution >= 0.6 is 15.9 Å². The number of benzene rings is 1. The first kappa shape index (κ1) is 15.8. The number of halogens is 1. The molecule has 0 unspecified atom stereocenters. The van der Waals surface area contributed by atoms with Crippen LogP contribution in [0.2, 0.25) is 0 Å². The van der Waals surface area contributed by atoms with Crippen molar-refractivity contribution in [3.05, 3.63) is 27.7 Å². The minimum absolute atomic E-state index is 0.523. The van der Waals surface area contributed by atoms with Crippen LogP contribution in [-0.4, -0.2) is 44.7 Å². The van der Waals surface area contributed by atoms with Gasteiger partial charge in [-0.1, -0.05) is 19.9 Å². The van der Waals surface area contributed by atoms with E-state index in [0.717, 1.165) is 49.4 Å². The summed E-state index contributed by atoms with van der Waals surface area (Å²) in [7, 11) is 1.74. The van der Waals surface area contributed by atoms with Crippen LogP contribution in [-0.2, 0) is 6.42 Å². The number of hydrogen-bond donors (Lipinski definition) is 1. The van der Waals surface area contributed by atoms with Gasteiger partial charge in [-0.3, -0.25) is 0 Å². The van der Waals surface area contributed by atoms with Gasteiger partial charge in [0.05, 0.1) is 11.6 Å². The molecule has 1 aromatic carbocycles.